The summed E-state index contributed by atoms with van der Waals surface area (Å²) in [5, 5.41) is 8.00. The van der Waals surface area contributed by atoms with E-state index in [0.717, 1.165) is 54.6 Å². The zero-order valence-electron chi connectivity index (χ0n) is 15.9. The predicted molar refractivity (Wildman–Crippen MR) is 111 cm³/mol. The van der Waals surface area contributed by atoms with Crippen LogP contribution in [0.15, 0.2) is 23.7 Å². The standard InChI is InChI=1S/C21H25N5OS/c22-8-11-26-20-16(5-3-9-23-20)19(24-26)14-7-10-25(12-14)21(27)17-13-28-18-6-2-1-4-15(17)18/h3,5,9,13-14H,1-2,4,6-8,10-12,22H2. The number of aromatic nitrogens is 3. The van der Waals surface area contributed by atoms with Gasteiger partial charge in [-0.1, -0.05) is 0 Å². The monoisotopic (exact) mass is 395 g/mol. The fourth-order valence-electron chi connectivity index (χ4n) is 4.63. The second kappa shape index (κ2) is 7.29. The first-order valence-corrected chi connectivity index (χ1v) is 11.0. The number of thiophene rings is 1. The Hall–Kier alpha value is -2.25. The predicted octanol–water partition coefficient (Wildman–Crippen LogP) is 2.96. The van der Waals surface area contributed by atoms with Gasteiger partial charge in [-0.05, 0) is 49.8 Å². The van der Waals surface area contributed by atoms with E-state index in [1.807, 2.05) is 15.6 Å². The van der Waals surface area contributed by atoms with E-state index < -0.39 is 0 Å². The number of aryl methyl sites for hydroxylation is 1. The molecule has 0 bridgehead atoms. The Morgan fingerprint density at radius 1 is 1.32 bits per heavy atom. The largest absolute Gasteiger partial charge is 0.338 e. The van der Waals surface area contributed by atoms with Crippen LogP contribution in [0.1, 0.15) is 51.7 Å². The lowest BCUT2D eigenvalue weighted by Gasteiger charge is -2.18. The molecule has 2 N–H and O–H groups in total. The lowest BCUT2D eigenvalue weighted by molar-refractivity contribution is 0.0790. The first-order valence-electron chi connectivity index (χ1n) is 10.2. The first-order chi connectivity index (χ1) is 13.8. The number of nitrogens with two attached hydrogens (primary N) is 1. The highest BCUT2D eigenvalue weighted by Gasteiger charge is 2.33. The molecule has 7 heteroatoms. The maximum Gasteiger partial charge on any atom is 0.255 e. The van der Waals surface area contributed by atoms with Gasteiger partial charge < -0.3 is 10.6 Å². The van der Waals surface area contributed by atoms with Gasteiger partial charge in [-0.3, -0.25) is 4.79 Å². The van der Waals surface area contributed by atoms with Gasteiger partial charge in [0.25, 0.3) is 5.91 Å². The number of rotatable bonds is 4. The number of nitrogens with zero attached hydrogens (tertiary/aromatic N) is 4. The SMILES string of the molecule is NCCn1nc(C2CCN(C(=O)c3csc4c3CCCC4)C2)c2cccnc21. The van der Waals surface area contributed by atoms with E-state index in [4.69, 9.17) is 10.8 Å². The lowest BCUT2D eigenvalue weighted by atomic mass is 9.95. The van der Waals surface area contributed by atoms with E-state index in [2.05, 4.69) is 16.4 Å². The average Bonchev–Trinajstić information content (AvgIpc) is 3.45. The van der Waals surface area contributed by atoms with Crippen molar-refractivity contribution in [1.29, 1.82) is 0 Å². The Morgan fingerprint density at radius 2 is 2.21 bits per heavy atom. The van der Waals surface area contributed by atoms with Crippen LogP contribution in [0.5, 0.6) is 0 Å². The van der Waals surface area contributed by atoms with Gasteiger partial charge in [-0.2, -0.15) is 5.10 Å². The van der Waals surface area contributed by atoms with E-state index in [1.165, 1.54) is 23.3 Å². The van der Waals surface area contributed by atoms with Crippen LogP contribution in [0, 0.1) is 0 Å². The van der Waals surface area contributed by atoms with Gasteiger partial charge in [-0.25, -0.2) is 9.67 Å². The molecule has 0 aromatic carbocycles. The maximum atomic E-state index is 13.2. The lowest BCUT2D eigenvalue weighted by Crippen LogP contribution is -2.29. The van der Waals surface area contributed by atoms with Crippen molar-refractivity contribution in [2.45, 2.75) is 44.6 Å². The maximum absolute atomic E-state index is 13.2. The number of likely N-dealkylation sites (tertiary alicyclic amines) is 1. The van der Waals surface area contributed by atoms with Crippen molar-refractivity contribution in [3.8, 4) is 0 Å². The Kier molecular flexibility index (Phi) is 4.64. The van der Waals surface area contributed by atoms with Gasteiger partial charge in [0.2, 0.25) is 0 Å². The summed E-state index contributed by atoms with van der Waals surface area (Å²) in [5.41, 5.74) is 9.95. The number of fused-ring (bicyclic) bond motifs is 2. The van der Waals surface area contributed by atoms with Crippen LogP contribution in [0.25, 0.3) is 11.0 Å². The Morgan fingerprint density at radius 3 is 3.11 bits per heavy atom. The molecule has 2 aliphatic rings. The van der Waals surface area contributed by atoms with Crippen molar-refractivity contribution in [2.24, 2.45) is 5.73 Å². The molecule has 28 heavy (non-hydrogen) atoms. The minimum atomic E-state index is 0.200. The normalized spacial score (nSPS) is 19.3. The Labute approximate surface area is 168 Å². The highest BCUT2D eigenvalue weighted by Crippen LogP contribution is 2.35. The molecule has 6 nitrogen and oxygen atoms in total. The topological polar surface area (TPSA) is 77.0 Å². The number of carbonyl (C=O) groups is 1. The van der Waals surface area contributed by atoms with Gasteiger partial charge in [0.1, 0.15) is 0 Å². The third-order valence-electron chi connectivity index (χ3n) is 6.03. The second-order valence-electron chi connectivity index (χ2n) is 7.77. The number of hydrogen-bond acceptors (Lipinski definition) is 5. The van der Waals surface area contributed by atoms with Crippen LogP contribution < -0.4 is 5.73 Å². The fourth-order valence-corrected chi connectivity index (χ4v) is 5.74. The van der Waals surface area contributed by atoms with Gasteiger partial charge in [-0.15, -0.1) is 11.3 Å². The van der Waals surface area contributed by atoms with Gasteiger partial charge >= 0.3 is 0 Å². The summed E-state index contributed by atoms with van der Waals surface area (Å²) < 4.78 is 1.91. The molecule has 1 saturated heterocycles. The number of carbonyl (C=O) groups excluding carboxylic acids is 1. The minimum absolute atomic E-state index is 0.200. The van der Waals surface area contributed by atoms with Gasteiger partial charge in [0.15, 0.2) is 5.65 Å². The van der Waals surface area contributed by atoms with Crippen LogP contribution in [0.3, 0.4) is 0 Å². The molecule has 1 unspecified atom stereocenters. The summed E-state index contributed by atoms with van der Waals surface area (Å²) in [6.45, 7) is 2.71. The molecule has 3 aromatic rings. The van der Waals surface area contributed by atoms with Crippen molar-refractivity contribution in [3.63, 3.8) is 0 Å². The summed E-state index contributed by atoms with van der Waals surface area (Å²) in [6, 6.07) is 4.03. The summed E-state index contributed by atoms with van der Waals surface area (Å²) in [6.07, 6.45) is 7.38. The molecule has 4 heterocycles. The molecule has 1 amide bonds. The smallest absolute Gasteiger partial charge is 0.255 e. The molecule has 0 saturated carbocycles. The molecule has 5 rings (SSSR count). The van der Waals surface area contributed by atoms with E-state index >= 15 is 0 Å². The number of pyridine rings is 1. The van der Waals surface area contributed by atoms with Crippen molar-refractivity contribution >= 4 is 28.3 Å². The van der Waals surface area contributed by atoms with Crippen molar-refractivity contribution in [3.05, 3.63) is 45.4 Å². The molecule has 0 spiro atoms. The van der Waals surface area contributed by atoms with Gasteiger partial charge in [0.05, 0.1) is 17.8 Å². The zero-order chi connectivity index (χ0) is 19.1. The highest BCUT2D eigenvalue weighted by atomic mass is 32.1. The number of amides is 1. The highest BCUT2D eigenvalue weighted by molar-refractivity contribution is 7.10. The molecule has 146 valence electrons. The molecule has 1 fully saturated rings. The van der Waals surface area contributed by atoms with E-state index in [-0.39, 0.29) is 11.8 Å². The summed E-state index contributed by atoms with van der Waals surface area (Å²) in [4.78, 5) is 21.1. The molecular weight excluding hydrogens is 370 g/mol. The summed E-state index contributed by atoms with van der Waals surface area (Å²) in [7, 11) is 0. The van der Waals surface area contributed by atoms with E-state index in [0.29, 0.717) is 13.1 Å². The van der Waals surface area contributed by atoms with E-state index in [1.54, 1.807) is 17.5 Å². The molecule has 1 atom stereocenters. The quantitative estimate of drug-likeness (QED) is 0.737. The van der Waals surface area contributed by atoms with Crippen LogP contribution >= 0.6 is 11.3 Å². The zero-order valence-corrected chi connectivity index (χ0v) is 16.7. The van der Waals surface area contributed by atoms with Gasteiger partial charge in [0, 0.05) is 47.4 Å². The van der Waals surface area contributed by atoms with Crippen molar-refractivity contribution in [2.75, 3.05) is 19.6 Å². The minimum Gasteiger partial charge on any atom is -0.338 e. The van der Waals surface area contributed by atoms with Crippen LogP contribution in [0.4, 0.5) is 0 Å². The molecule has 0 radical (unpaired) electrons. The van der Waals surface area contributed by atoms with E-state index in [9.17, 15) is 4.79 Å². The molecular formula is C21H25N5OS. The first kappa shape index (κ1) is 17.8. The van der Waals surface area contributed by atoms with Crippen LogP contribution in [-0.2, 0) is 19.4 Å². The second-order valence-corrected chi connectivity index (χ2v) is 8.73. The molecule has 1 aliphatic carbocycles. The summed E-state index contributed by atoms with van der Waals surface area (Å²) in [5.74, 6) is 0.454. The van der Waals surface area contributed by atoms with Crippen LogP contribution in [0.2, 0.25) is 0 Å². The Balaban J connectivity index is 1.40. The number of hydrogen-bond donors (Lipinski definition) is 1. The summed E-state index contributed by atoms with van der Waals surface area (Å²) >= 11 is 1.76. The van der Waals surface area contributed by atoms with Crippen molar-refractivity contribution < 1.29 is 4.79 Å². The molecule has 1 aliphatic heterocycles. The Bertz CT molecular complexity index is 1020. The average molecular weight is 396 g/mol. The van der Waals surface area contributed by atoms with Crippen molar-refractivity contribution in [1.82, 2.24) is 19.7 Å². The molecule has 3 aromatic heterocycles. The third-order valence-corrected chi connectivity index (χ3v) is 7.12. The third kappa shape index (κ3) is 2.93. The fraction of sp³-hybridized carbons (Fsp3) is 0.476. The van der Waals surface area contributed by atoms with Crippen LogP contribution in [-0.4, -0.2) is 45.2 Å².